The van der Waals surface area contributed by atoms with Crippen molar-refractivity contribution in [3.05, 3.63) is 29.3 Å². The number of ether oxygens (including phenoxy) is 1. The second-order valence-corrected chi connectivity index (χ2v) is 14.2. The Morgan fingerprint density at radius 1 is 1.04 bits per heavy atom. The standard InChI is InChI=1S/C29H40F2N2O3.C6H8O7/c1-3-32-27(35)24-18-25(34)28(2)10-9-22-21-8-6-20(17-19(21)5-7-23(22)26(24)28)36-16-4-13-33-14-11-29(30,31)12-15-33;7-3(8)1-6(13,5(11)12)2-4(9)10/h6,8,17,22-24,26H,3-5,7,9-16,18H2,1-2H3,(H,32,35);13H,1-2H2,(H,7,8)(H,9,10)(H,11,12)/t22-,23-,24+,26-,28-;/m1./s1. The number of nitrogens with zero attached hydrogens (tertiary/aromatic N) is 1. The zero-order valence-electron chi connectivity index (χ0n) is 28.1. The lowest BCUT2D eigenvalue weighted by Gasteiger charge is -2.49. The Balaban J connectivity index is 0.000000355. The predicted octanol–water partition coefficient (Wildman–Crippen LogP) is 3.73. The highest BCUT2D eigenvalue weighted by molar-refractivity contribution is 5.94. The molecule has 0 unspecified atom stereocenters. The number of rotatable bonds is 12. The first-order valence-corrected chi connectivity index (χ1v) is 17.1. The van der Waals surface area contributed by atoms with Crippen LogP contribution in [0.2, 0.25) is 0 Å². The second kappa shape index (κ2) is 15.5. The predicted molar refractivity (Wildman–Crippen MR) is 171 cm³/mol. The third kappa shape index (κ3) is 8.94. The molecule has 0 bridgehead atoms. The molecule has 272 valence electrons. The van der Waals surface area contributed by atoms with E-state index in [9.17, 15) is 32.8 Å². The second-order valence-electron chi connectivity index (χ2n) is 14.2. The van der Waals surface area contributed by atoms with Crippen LogP contribution < -0.4 is 10.1 Å². The van der Waals surface area contributed by atoms with Gasteiger partial charge in [0.05, 0.1) is 19.4 Å². The van der Waals surface area contributed by atoms with Crippen molar-refractivity contribution in [2.75, 3.05) is 32.8 Å². The minimum Gasteiger partial charge on any atom is -0.494 e. The highest BCUT2D eigenvalue weighted by atomic mass is 19.3. The molecule has 3 fully saturated rings. The van der Waals surface area contributed by atoms with Crippen molar-refractivity contribution < 1.29 is 57.9 Å². The SMILES string of the molecule is CCNC(=O)[C@H]1CC(=O)[C@@]2(C)CC[C@@H]3c4ccc(OCCCN5CCC(F)(F)CC5)cc4CC[C@H]3[C@H]12.O=C(O)CC(O)(CC(=O)O)C(=O)O. The van der Waals surface area contributed by atoms with Crippen LogP contribution in [0.3, 0.4) is 0 Å². The number of fused-ring (bicyclic) bond motifs is 5. The molecule has 0 aromatic heterocycles. The van der Waals surface area contributed by atoms with E-state index in [-0.39, 0.29) is 41.8 Å². The molecular formula is C35H48F2N2O10. The van der Waals surface area contributed by atoms with Crippen LogP contribution in [0.5, 0.6) is 5.75 Å². The largest absolute Gasteiger partial charge is 0.494 e. The number of aliphatic carboxylic acids is 3. The summed E-state index contributed by atoms with van der Waals surface area (Å²) in [6.07, 6.45) is 2.63. The molecular weight excluding hydrogens is 646 g/mol. The third-order valence-electron chi connectivity index (χ3n) is 10.9. The van der Waals surface area contributed by atoms with Gasteiger partial charge in [-0.1, -0.05) is 13.0 Å². The van der Waals surface area contributed by atoms with Crippen molar-refractivity contribution in [3.63, 3.8) is 0 Å². The Hall–Kier alpha value is -3.65. The van der Waals surface area contributed by atoms with Crippen molar-refractivity contribution in [2.45, 2.75) is 95.5 Å². The van der Waals surface area contributed by atoms with E-state index in [1.807, 2.05) is 6.92 Å². The lowest BCUT2D eigenvalue weighted by atomic mass is 9.54. The van der Waals surface area contributed by atoms with E-state index in [0.29, 0.717) is 44.5 Å². The van der Waals surface area contributed by atoms with Gasteiger partial charge in [-0.05, 0) is 80.0 Å². The number of aryl methyl sites for hydroxylation is 1. The zero-order valence-corrected chi connectivity index (χ0v) is 28.1. The molecule has 5 rings (SSSR count). The number of hydrogen-bond acceptors (Lipinski definition) is 8. The molecule has 1 saturated heterocycles. The quantitative estimate of drug-likeness (QED) is 0.201. The Morgan fingerprint density at radius 2 is 1.69 bits per heavy atom. The summed E-state index contributed by atoms with van der Waals surface area (Å²) in [5, 5.41) is 36.8. The average molecular weight is 695 g/mol. The number of carbonyl (C=O) groups excluding carboxylic acids is 2. The van der Waals surface area contributed by atoms with E-state index in [1.165, 1.54) is 11.1 Å². The smallest absolute Gasteiger partial charge is 0.336 e. The van der Waals surface area contributed by atoms with Crippen LogP contribution in [0.15, 0.2) is 18.2 Å². The number of ketones is 1. The lowest BCUT2D eigenvalue weighted by Crippen LogP contribution is -2.46. The Kier molecular flexibility index (Phi) is 12.1. The van der Waals surface area contributed by atoms with Crippen LogP contribution in [-0.2, 0) is 30.4 Å². The minimum atomic E-state index is -2.74. The van der Waals surface area contributed by atoms with Gasteiger partial charge in [-0.25, -0.2) is 13.6 Å². The van der Waals surface area contributed by atoms with E-state index < -0.39 is 42.3 Å². The molecule has 14 heteroatoms. The van der Waals surface area contributed by atoms with Gasteiger partial charge in [0.1, 0.15) is 11.5 Å². The Morgan fingerprint density at radius 3 is 2.29 bits per heavy atom. The number of carboxylic acids is 3. The van der Waals surface area contributed by atoms with Gasteiger partial charge in [0.25, 0.3) is 5.92 Å². The number of carbonyl (C=O) groups is 5. The summed E-state index contributed by atoms with van der Waals surface area (Å²) in [6.45, 7) is 6.92. The van der Waals surface area contributed by atoms with Crippen LogP contribution >= 0.6 is 0 Å². The van der Waals surface area contributed by atoms with Gasteiger partial charge in [-0.3, -0.25) is 19.2 Å². The topological polar surface area (TPSA) is 191 Å². The molecule has 3 aliphatic carbocycles. The number of amides is 1. The van der Waals surface area contributed by atoms with Crippen LogP contribution in [0.25, 0.3) is 0 Å². The zero-order chi connectivity index (χ0) is 36.1. The van der Waals surface area contributed by atoms with Gasteiger partial charge in [0.15, 0.2) is 5.60 Å². The normalized spacial score (nSPS) is 27.4. The van der Waals surface area contributed by atoms with Crippen LogP contribution in [0.4, 0.5) is 8.78 Å². The van der Waals surface area contributed by atoms with Crippen LogP contribution in [0.1, 0.15) is 88.7 Å². The Bertz CT molecular complexity index is 1390. The van der Waals surface area contributed by atoms with Crippen molar-refractivity contribution in [2.24, 2.45) is 23.2 Å². The van der Waals surface area contributed by atoms with Gasteiger partial charge in [0.2, 0.25) is 5.91 Å². The summed E-state index contributed by atoms with van der Waals surface area (Å²) in [5.41, 5.74) is -0.419. The van der Waals surface area contributed by atoms with Gasteiger partial charge in [0, 0.05) is 56.8 Å². The summed E-state index contributed by atoms with van der Waals surface area (Å²) in [5.74, 6) is -5.66. The molecule has 5 N–H and O–H groups in total. The van der Waals surface area contributed by atoms with Crippen LogP contribution in [-0.4, -0.2) is 99.2 Å². The number of piperidine rings is 1. The Labute approximate surface area is 284 Å². The maximum Gasteiger partial charge on any atom is 0.336 e. The van der Waals surface area contributed by atoms with Gasteiger partial charge < -0.3 is 35.4 Å². The molecule has 1 amide bonds. The summed E-state index contributed by atoms with van der Waals surface area (Å²) in [6, 6.07) is 6.42. The molecule has 4 aliphatic rings. The molecule has 1 aliphatic heterocycles. The highest BCUT2D eigenvalue weighted by Gasteiger charge is 2.60. The number of nitrogens with one attached hydrogen (secondary N) is 1. The summed E-state index contributed by atoms with van der Waals surface area (Å²) in [7, 11) is 0. The molecule has 0 spiro atoms. The maximum atomic E-state index is 13.3. The number of benzene rings is 1. The molecule has 1 heterocycles. The monoisotopic (exact) mass is 694 g/mol. The first-order chi connectivity index (χ1) is 23.0. The van der Waals surface area contributed by atoms with Crippen molar-refractivity contribution in [1.29, 1.82) is 0 Å². The first kappa shape index (κ1) is 38.2. The molecule has 1 aromatic carbocycles. The van der Waals surface area contributed by atoms with Crippen molar-refractivity contribution >= 4 is 29.6 Å². The third-order valence-corrected chi connectivity index (χ3v) is 10.9. The number of aliphatic hydroxyl groups is 1. The van der Waals surface area contributed by atoms with E-state index in [0.717, 1.165) is 44.4 Å². The van der Waals surface area contributed by atoms with E-state index in [1.54, 1.807) is 0 Å². The number of carboxylic acid groups (broad SMARTS) is 3. The number of Topliss-reactive ketones (excluding diaryl/α,β-unsaturated/α-hetero) is 1. The average Bonchev–Trinajstić information content (AvgIpc) is 3.29. The lowest BCUT2D eigenvalue weighted by molar-refractivity contribution is -0.170. The van der Waals surface area contributed by atoms with E-state index in [4.69, 9.17) is 25.2 Å². The highest BCUT2D eigenvalue weighted by Crippen LogP contribution is 2.61. The van der Waals surface area contributed by atoms with Crippen molar-refractivity contribution in [1.82, 2.24) is 10.2 Å². The van der Waals surface area contributed by atoms with E-state index >= 15 is 0 Å². The molecule has 5 atom stereocenters. The molecule has 1 aromatic rings. The fraction of sp³-hybridized carbons (Fsp3) is 0.686. The van der Waals surface area contributed by atoms with Gasteiger partial charge >= 0.3 is 17.9 Å². The summed E-state index contributed by atoms with van der Waals surface area (Å²) in [4.78, 5) is 58.5. The minimum absolute atomic E-state index is 0.0426. The molecule has 49 heavy (non-hydrogen) atoms. The number of likely N-dealkylation sites (tertiary alicyclic amines) is 1. The summed E-state index contributed by atoms with van der Waals surface area (Å²) >= 11 is 0. The molecule has 12 nitrogen and oxygen atoms in total. The number of halogens is 2. The molecule has 2 saturated carbocycles. The number of hydrogen-bond donors (Lipinski definition) is 5. The van der Waals surface area contributed by atoms with Gasteiger partial charge in [-0.15, -0.1) is 0 Å². The van der Waals surface area contributed by atoms with Crippen LogP contribution in [0, 0.1) is 23.2 Å². The number of alkyl halides is 2. The van der Waals surface area contributed by atoms with Gasteiger partial charge in [-0.2, -0.15) is 0 Å². The molecule has 0 radical (unpaired) electrons. The first-order valence-electron chi connectivity index (χ1n) is 17.1. The summed E-state index contributed by atoms with van der Waals surface area (Å²) < 4.78 is 32.7. The maximum absolute atomic E-state index is 13.3. The van der Waals surface area contributed by atoms with Crippen molar-refractivity contribution in [3.8, 4) is 5.75 Å². The van der Waals surface area contributed by atoms with E-state index in [2.05, 4.69) is 35.3 Å². The fourth-order valence-electron chi connectivity index (χ4n) is 8.38. The fourth-order valence-corrected chi connectivity index (χ4v) is 8.38.